The molecule has 2 aromatic heterocycles. The SMILES string of the molecule is COC(=O)c1c(C)[nH]c(C(=O)[C@H](C)[n+]2ccc(C)cc2)c1C. The van der Waals surface area contributed by atoms with E-state index in [2.05, 4.69) is 4.98 Å². The van der Waals surface area contributed by atoms with Crippen molar-refractivity contribution in [1.29, 1.82) is 0 Å². The molecule has 1 N–H and O–H groups in total. The number of ether oxygens (including phenoxy) is 1. The van der Waals surface area contributed by atoms with E-state index in [-0.39, 0.29) is 11.8 Å². The number of H-pyrrole nitrogens is 1. The Morgan fingerprint density at radius 2 is 1.77 bits per heavy atom. The Hall–Kier alpha value is -2.43. The lowest BCUT2D eigenvalue weighted by Gasteiger charge is -2.06. The van der Waals surface area contributed by atoms with Gasteiger partial charge in [-0.25, -0.2) is 4.79 Å². The first-order chi connectivity index (χ1) is 10.4. The van der Waals surface area contributed by atoms with Gasteiger partial charge < -0.3 is 9.72 Å². The Morgan fingerprint density at radius 1 is 1.18 bits per heavy atom. The summed E-state index contributed by atoms with van der Waals surface area (Å²) in [6, 6.07) is 3.55. The van der Waals surface area contributed by atoms with Crippen LogP contribution < -0.4 is 4.57 Å². The van der Waals surface area contributed by atoms with E-state index < -0.39 is 5.97 Å². The fourth-order valence-electron chi connectivity index (χ4n) is 2.52. The number of ketones is 1. The molecule has 5 nitrogen and oxygen atoms in total. The zero-order valence-corrected chi connectivity index (χ0v) is 13.6. The number of esters is 1. The molecular formula is C17H21N2O3+. The molecule has 0 unspecified atom stereocenters. The molecule has 0 radical (unpaired) electrons. The Kier molecular flexibility index (Phi) is 4.45. The number of aryl methyl sites for hydroxylation is 2. The second-order valence-corrected chi connectivity index (χ2v) is 5.48. The number of aromatic nitrogens is 2. The molecule has 0 amide bonds. The number of aromatic amines is 1. The molecule has 2 rings (SSSR count). The highest BCUT2D eigenvalue weighted by atomic mass is 16.5. The summed E-state index contributed by atoms with van der Waals surface area (Å²) in [6.45, 7) is 7.36. The first kappa shape index (κ1) is 15.9. The third kappa shape index (κ3) is 2.79. The highest BCUT2D eigenvalue weighted by Crippen LogP contribution is 2.21. The largest absolute Gasteiger partial charge is 0.465 e. The number of methoxy groups -OCH3 is 1. The van der Waals surface area contributed by atoms with Crippen molar-refractivity contribution in [2.75, 3.05) is 7.11 Å². The summed E-state index contributed by atoms with van der Waals surface area (Å²) in [7, 11) is 1.33. The molecule has 0 spiro atoms. The summed E-state index contributed by atoms with van der Waals surface area (Å²) >= 11 is 0. The van der Waals surface area contributed by atoms with Gasteiger partial charge >= 0.3 is 5.97 Å². The molecule has 2 aromatic rings. The molecule has 0 aliphatic heterocycles. The molecule has 0 bridgehead atoms. The molecule has 0 aliphatic rings. The molecule has 116 valence electrons. The second-order valence-electron chi connectivity index (χ2n) is 5.48. The Balaban J connectivity index is 2.37. The van der Waals surface area contributed by atoms with Crippen LogP contribution in [0.4, 0.5) is 0 Å². The normalized spacial score (nSPS) is 12.0. The molecule has 1 atom stereocenters. The Bertz CT molecular complexity index is 714. The van der Waals surface area contributed by atoms with Gasteiger partial charge in [0.25, 0.3) is 0 Å². The van der Waals surface area contributed by atoms with E-state index in [0.717, 1.165) is 5.56 Å². The van der Waals surface area contributed by atoms with Crippen molar-refractivity contribution in [3.63, 3.8) is 0 Å². The molecule has 2 heterocycles. The molecule has 0 saturated heterocycles. The first-order valence-electron chi connectivity index (χ1n) is 7.16. The van der Waals surface area contributed by atoms with Crippen LogP contribution in [0.5, 0.6) is 0 Å². The number of hydrogen-bond donors (Lipinski definition) is 1. The first-order valence-corrected chi connectivity index (χ1v) is 7.16. The number of nitrogens with one attached hydrogen (secondary N) is 1. The van der Waals surface area contributed by atoms with Crippen molar-refractivity contribution in [3.05, 3.63) is 52.6 Å². The molecule has 0 saturated carbocycles. The minimum Gasteiger partial charge on any atom is -0.465 e. The van der Waals surface area contributed by atoms with Gasteiger partial charge in [0.15, 0.2) is 12.4 Å². The molecule has 22 heavy (non-hydrogen) atoms. The van der Waals surface area contributed by atoms with Crippen LogP contribution in [-0.4, -0.2) is 23.8 Å². The fraction of sp³-hybridized carbons (Fsp3) is 0.353. The highest BCUT2D eigenvalue weighted by Gasteiger charge is 2.29. The summed E-state index contributed by atoms with van der Waals surface area (Å²) < 4.78 is 6.62. The zero-order valence-electron chi connectivity index (χ0n) is 13.6. The highest BCUT2D eigenvalue weighted by molar-refractivity contribution is 6.02. The number of hydrogen-bond acceptors (Lipinski definition) is 3. The van der Waals surface area contributed by atoms with E-state index in [4.69, 9.17) is 4.74 Å². The lowest BCUT2D eigenvalue weighted by Crippen LogP contribution is -2.41. The van der Waals surface area contributed by atoms with Gasteiger partial charge in [0, 0.05) is 24.8 Å². The van der Waals surface area contributed by atoms with E-state index in [1.165, 1.54) is 7.11 Å². The van der Waals surface area contributed by atoms with Crippen LogP contribution >= 0.6 is 0 Å². The van der Waals surface area contributed by atoms with Crippen LogP contribution in [0.25, 0.3) is 0 Å². The molecule has 0 aliphatic carbocycles. The average Bonchev–Trinajstić information content (AvgIpc) is 2.80. The molecular weight excluding hydrogens is 280 g/mol. The smallest absolute Gasteiger partial charge is 0.339 e. The van der Waals surface area contributed by atoms with Gasteiger partial charge in [0.05, 0.1) is 18.4 Å². The van der Waals surface area contributed by atoms with Crippen molar-refractivity contribution >= 4 is 11.8 Å². The maximum Gasteiger partial charge on any atom is 0.339 e. The Morgan fingerprint density at radius 3 is 2.32 bits per heavy atom. The number of rotatable bonds is 4. The maximum absolute atomic E-state index is 12.7. The minimum absolute atomic E-state index is 0.0652. The third-order valence-corrected chi connectivity index (χ3v) is 3.92. The summed E-state index contributed by atoms with van der Waals surface area (Å²) in [5.41, 5.74) is 3.31. The van der Waals surface area contributed by atoms with Crippen LogP contribution in [0.1, 0.15) is 50.6 Å². The zero-order chi connectivity index (χ0) is 16.4. The lowest BCUT2D eigenvalue weighted by molar-refractivity contribution is -0.704. The minimum atomic E-state index is -0.430. The summed E-state index contributed by atoms with van der Waals surface area (Å²) in [4.78, 5) is 27.6. The third-order valence-electron chi connectivity index (χ3n) is 3.92. The van der Waals surface area contributed by atoms with Crippen molar-refractivity contribution < 1.29 is 18.9 Å². The van der Waals surface area contributed by atoms with Gasteiger partial charge in [-0.05, 0) is 31.9 Å². The quantitative estimate of drug-likeness (QED) is 0.536. The monoisotopic (exact) mass is 301 g/mol. The van der Waals surface area contributed by atoms with Crippen LogP contribution in [0, 0.1) is 20.8 Å². The van der Waals surface area contributed by atoms with Crippen LogP contribution in [0.15, 0.2) is 24.5 Å². The van der Waals surface area contributed by atoms with Gasteiger partial charge in [-0.3, -0.25) is 4.79 Å². The van der Waals surface area contributed by atoms with E-state index in [0.29, 0.717) is 22.5 Å². The number of Topliss-reactive ketones (excluding diaryl/α,β-unsaturated/α-hetero) is 1. The topological polar surface area (TPSA) is 63.0 Å². The second kappa shape index (κ2) is 6.13. The number of carbonyl (C=O) groups excluding carboxylic acids is 2. The number of carbonyl (C=O) groups is 2. The van der Waals surface area contributed by atoms with Crippen molar-refractivity contribution in [2.24, 2.45) is 0 Å². The van der Waals surface area contributed by atoms with Crippen LogP contribution in [0.2, 0.25) is 0 Å². The van der Waals surface area contributed by atoms with Crippen molar-refractivity contribution in [1.82, 2.24) is 4.98 Å². The lowest BCUT2D eigenvalue weighted by atomic mass is 10.0. The predicted molar refractivity (Wildman–Crippen MR) is 82.0 cm³/mol. The average molecular weight is 301 g/mol. The Labute approximate surface area is 129 Å². The van der Waals surface area contributed by atoms with E-state index in [1.807, 2.05) is 42.9 Å². The van der Waals surface area contributed by atoms with Gasteiger partial charge in [0.2, 0.25) is 11.8 Å². The van der Waals surface area contributed by atoms with Gasteiger partial charge in [-0.15, -0.1) is 0 Å². The number of pyridine rings is 1. The van der Waals surface area contributed by atoms with E-state index in [1.54, 1.807) is 13.8 Å². The predicted octanol–water partition coefficient (Wildman–Crippen LogP) is 2.46. The van der Waals surface area contributed by atoms with Crippen LogP contribution in [-0.2, 0) is 4.74 Å². The van der Waals surface area contributed by atoms with E-state index in [9.17, 15) is 9.59 Å². The molecule has 0 fully saturated rings. The standard InChI is InChI=1S/C17H20N2O3/c1-10-6-8-19(9-7-10)13(4)16(20)15-11(2)14(12(3)18-15)17(21)22-5/h6-9,13H,1-5H3/p+1/t13-/m0/s1. The maximum atomic E-state index is 12.7. The van der Waals surface area contributed by atoms with Gasteiger partial charge in [-0.1, -0.05) is 0 Å². The van der Waals surface area contributed by atoms with Crippen molar-refractivity contribution in [2.45, 2.75) is 33.7 Å². The van der Waals surface area contributed by atoms with Gasteiger partial charge in [-0.2, -0.15) is 4.57 Å². The van der Waals surface area contributed by atoms with Gasteiger partial charge in [0.1, 0.15) is 0 Å². The van der Waals surface area contributed by atoms with Crippen LogP contribution in [0.3, 0.4) is 0 Å². The summed E-state index contributed by atoms with van der Waals surface area (Å²) in [5.74, 6) is -0.495. The summed E-state index contributed by atoms with van der Waals surface area (Å²) in [5, 5.41) is 0. The fourth-order valence-corrected chi connectivity index (χ4v) is 2.52. The van der Waals surface area contributed by atoms with E-state index >= 15 is 0 Å². The molecule has 5 heteroatoms. The molecule has 0 aromatic carbocycles. The number of nitrogens with zero attached hydrogens (tertiary/aromatic N) is 1. The summed E-state index contributed by atoms with van der Waals surface area (Å²) in [6.07, 6.45) is 3.76. The van der Waals surface area contributed by atoms with Crippen molar-refractivity contribution in [3.8, 4) is 0 Å².